The Bertz CT molecular complexity index is 1660. The van der Waals surface area contributed by atoms with Crippen molar-refractivity contribution < 1.29 is 51.2 Å². The molecule has 1 fully saturated rings. The van der Waals surface area contributed by atoms with Crippen LogP contribution in [0.2, 0.25) is 0 Å². The molecule has 3 heterocycles. The highest BCUT2D eigenvalue weighted by Gasteiger charge is 2.57. The van der Waals surface area contributed by atoms with E-state index in [-0.39, 0.29) is 29.9 Å². The second-order valence-electron chi connectivity index (χ2n) is 10.6. The van der Waals surface area contributed by atoms with Gasteiger partial charge in [0.15, 0.2) is 16.6 Å². The first-order valence-electron chi connectivity index (χ1n) is 13.5. The molecular formula is C25H32N8O11S2. The van der Waals surface area contributed by atoms with Gasteiger partial charge in [0.25, 0.3) is 12.0 Å². The van der Waals surface area contributed by atoms with Crippen LogP contribution < -0.4 is 21.9 Å². The zero-order valence-corrected chi connectivity index (χ0v) is 26.2. The van der Waals surface area contributed by atoms with E-state index in [2.05, 4.69) is 19.6 Å². The molecule has 2 aromatic rings. The van der Waals surface area contributed by atoms with Gasteiger partial charge in [-0.25, -0.2) is 9.78 Å². The predicted octanol–water partition coefficient (Wildman–Crippen LogP) is -0.571. The van der Waals surface area contributed by atoms with Crippen molar-refractivity contribution in [3.8, 4) is 5.75 Å². The number of carbonyl (C=O) groups is 3. The number of aromatic nitrogens is 1. The van der Waals surface area contributed by atoms with E-state index in [1.807, 2.05) is 0 Å². The number of nitrogens with zero attached hydrogens (tertiary/aromatic N) is 5. The summed E-state index contributed by atoms with van der Waals surface area (Å²) in [5.74, 6) is -3.70. The van der Waals surface area contributed by atoms with Crippen LogP contribution in [-0.2, 0) is 51.8 Å². The number of oxime groups is 2. The van der Waals surface area contributed by atoms with Crippen molar-refractivity contribution in [2.24, 2.45) is 27.7 Å². The number of rotatable bonds is 15. The van der Waals surface area contributed by atoms with Crippen molar-refractivity contribution in [2.75, 3.05) is 25.5 Å². The van der Waals surface area contributed by atoms with Gasteiger partial charge in [0.2, 0.25) is 5.96 Å². The van der Waals surface area contributed by atoms with Gasteiger partial charge in [-0.05, 0) is 42.3 Å². The molecule has 1 aromatic carbocycles. The fraction of sp³-hybridized carbons (Fsp3) is 0.440. The van der Waals surface area contributed by atoms with E-state index in [1.165, 1.54) is 19.2 Å². The lowest BCUT2D eigenvalue weighted by molar-refractivity contribution is -0.228. The molecule has 1 amide bonds. The van der Waals surface area contributed by atoms with E-state index in [0.29, 0.717) is 23.9 Å². The number of ether oxygens (including phenoxy) is 1. The molecule has 0 aliphatic carbocycles. The summed E-state index contributed by atoms with van der Waals surface area (Å²) in [6.07, 6.45) is -2.18. The number of amides is 1. The summed E-state index contributed by atoms with van der Waals surface area (Å²) in [7, 11) is -5.00. The highest BCUT2D eigenvalue weighted by Crippen LogP contribution is 2.40. The van der Waals surface area contributed by atoms with Gasteiger partial charge in [-0.2, -0.15) is 13.5 Å². The Hall–Kier alpha value is -4.57. The molecule has 2 unspecified atom stereocenters. The minimum absolute atomic E-state index is 0.0346. The van der Waals surface area contributed by atoms with Crippen LogP contribution in [0.1, 0.15) is 37.1 Å². The number of carboxylic acids is 1. The number of carbonyl (C=O) groups excluding carboxylic acids is 2. The number of hydroxylamine groups is 2. The van der Waals surface area contributed by atoms with Crippen LogP contribution in [0.25, 0.3) is 0 Å². The van der Waals surface area contributed by atoms with Gasteiger partial charge in [-0.15, -0.1) is 15.6 Å². The molecule has 0 saturated carbocycles. The van der Waals surface area contributed by atoms with Crippen LogP contribution in [0.5, 0.6) is 5.75 Å². The molecule has 19 nitrogen and oxygen atoms in total. The van der Waals surface area contributed by atoms with Gasteiger partial charge in [0, 0.05) is 31.4 Å². The Labute approximate surface area is 266 Å². The number of ketones is 1. The van der Waals surface area contributed by atoms with Crippen molar-refractivity contribution in [3.05, 3.63) is 40.4 Å². The number of hydrogen-bond acceptors (Lipinski definition) is 15. The van der Waals surface area contributed by atoms with E-state index in [9.17, 15) is 27.9 Å². The van der Waals surface area contributed by atoms with Gasteiger partial charge >= 0.3 is 16.4 Å². The van der Waals surface area contributed by atoms with Crippen molar-refractivity contribution in [1.29, 1.82) is 0 Å². The van der Waals surface area contributed by atoms with E-state index >= 15 is 0 Å². The maximum absolute atomic E-state index is 13.3. The number of carboxylic acid groups (broad SMARTS) is 1. The van der Waals surface area contributed by atoms with Gasteiger partial charge < -0.3 is 41.6 Å². The Balaban J connectivity index is 1.44. The molecule has 2 atom stereocenters. The fourth-order valence-electron chi connectivity index (χ4n) is 4.57. The Morgan fingerprint density at radius 2 is 1.96 bits per heavy atom. The molecule has 0 spiro atoms. The van der Waals surface area contributed by atoms with E-state index < -0.39 is 64.4 Å². The number of fused-ring (bicyclic) bond motifs is 1. The summed E-state index contributed by atoms with van der Waals surface area (Å²) in [5.41, 5.74) is 17.1. The second kappa shape index (κ2) is 13.8. The molecule has 4 rings (SSSR count). The lowest BCUT2D eigenvalue weighted by Gasteiger charge is -2.50. The summed E-state index contributed by atoms with van der Waals surface area (Å²) in [5, 5.41) is 19.2. The van der Waals surface area contributed by atoms with Gasteiger partial charge in [-0.3, -0.25) is 14.1 Å². The maximum Gasteiger partial charge on any atom is 0.418 e. The lowest BCUT2D eigenvalue weighted by Crippen LogP contribution is -2.68. The third kappa shape index (κ3) is 7.98. The first-order chi connectivity index (χ1) is 21.6. The van der Waals surface area contributed by atoms with E-state index in [1.54, 1.807) is 23.1 Å². The van der Waals surface area contributed by atoms with Gasteiger partial charge in [-0.1, -0.05) is 11.2 Å². The van der Waals surface area contributed by atoms with E-state index in [4.69, 9.17) is 36.2 Å². The van der Waals surface area contributed by atoms with Crippen LogP contribution in [0.15, 0.2) is 33.9 Å². The zero-order chi connectivity index (χ0) is 33.8. The highest BCUT2D eigenvalue weighted by molar-refractivity contribution is 7.80. The number of Topliss-reactive ketones (excluding diaryl/α,β-unsaturated/α-hetero) is 1. The minimum atomic E-state index is -5.00. The Morgan fingerprint density at radius 1 is 1.24 bits per heavy atom. The number of benzene rings is 1. The SMILES string of the molecule is CC1(C)C(CC(=O)/C(=N\OC(COc2ccc3c(c2)CN(C(N)=NOCCN)C3)C(=O)O)c2csc(N)n2)C(=O)N1OS(=O)(=O)O. The summed E-state index contributed by atoms with van der Waals surface area (Å²) in [6, 6.07) is 5.15. The molecule has 0 bridgehead atoms. The van der Waals surface area contributed by atoms with Crippen molar-refractivity contribution >= 4 is 56.2 Å². The molecule has 8 N–H and O–H groups in total. The van der Waals surface area contributed by atoms with Crippen molar-refractivity contribution in [2.45, 2.75) is 45.0 Å². The molecule has 2 aliphatic rings. The normalized spacial score (nSPS) is 18.5. The molecule has 250 valence electrons. The summed E-state index contributed by atoms with van der Waals surface area (Å²) >= 11 is 0.977. The summed E-state index contributed by atoms with van der Waals surface area (Å²) in [4.78, 5) is 53.9. The third-order valence-electron chi connectivity index (χ3n) is 7.00. The number of nitrogens with two attached hydrogens (primary N) is 3. The first-order valence-corrected chi connectivity index (χ1v) is 15.7. The Kier molecular flexibility index (Phi) is 10.3. The number of nitrogen functional groups attached to an aromatic ring is 1. The van der Waals surface area contributed by atoms with E-state index in [0.717, 1.165) is 22.5 Å². The number of aliphatic carboxylic acids is 1. The predicted molar refractivity (Wildman–Crippen MR) is 160 cm³/mol. The molecule has 46 heavy (non-hydrogen) atoms. The zero-order valence-electron chi connectivity index (χ0n) is 24.6. The maximum atomic E-state index is 13.3. The number of anilines is 1. The third-order valence-corrected chi connectivity index (χ3v) is 8.01. The fourth-order valence-corrected chi connectivity index (χ4v) is 5.57. The molecular weight excluding hydrogens is 652 g/mol. The summed E-state index contributed by atoms with van der Waals surface area (Å²) < 4.78 is 41.2. The van der Waals surface area contributed by atoms with Gasteiger partial charge in [0.1, 0.15) is 24.7 Å². The second-order valence-corrected chi connectivity index (χ2v) is 12.5. The number of β-lactam (4-membered cyclic amide) rings is 1. The first kappa shape index (κ1) is 34.3. The average Bonchev–Trinajstić information content (AvgIpc) is 3.61. The monoisotopic (exact) mass is 684 g/mol. The number of thiazole rings is 1. The van der Waals surface area contributed by atoms with Crippen molar-refractivity contribution in [1.82, 2.24) is 14.9 Å². The quantitative estimate of drug-likeness (QED) is 0.0392. The summed E-state index contributed by atoms with van der Waals surface area (Å²) in [6.45, 7) is 3.71. The van der Waals surface area contributed by atoms with Crippen LogP contribution in [0, 0.1) is 5.92 Å². The molecule has 2 aliphatic heterocycles. The average molecular weight is 685 g/mol. The topological polar surface area (TPSA) is 285 Å². The molecule has 21 heteroatoms. The lowest BCUT2D eigenvalue weighted by atomic mass is 9.74. The Morgan fingerprint density at radius 3 is 2.57 bits per heavy atom. The van der Waals surface area contributed by atoms with Gasteiger partial charge in [0.05, 0.1) is 11.5 Å². The van der Waals surface area contributed by atoms with Crippen LogP contribution in [-0.4, -0.2) is 93.8 Å². The standard InChI is InChI=1S/C25H32N8O11S2/c1-25(2)16(21(35)33(25)44-46(38,39)40)8-18(34)20(17-12-45-24(28)29-17)30-43-19(22(36)37)11-41-15-4-3-13-9-32(10-14(13)7-15)23(27)31-42-6-5-26/h3-4,7,12,16,19H,5-6,8-11,26H2,1-2H3,(H2,27,31)(H2,28,29)(H,36,37)(H,38,39,40)/b30-20-. The van der Waals surface area contributed by atoms with Crippen LogP contribution >= 0.6 is 11.3 Å². The van der Waals surface area contributed by atoms with Crippen LogP contribution in [0.4, 0.5) is 5.13 Å². The minimum Gasteiger partial charge on any atom is -0.489 e. The van der Waals surface area contributed by atoms with Crippen molar-refractivity contribution in [3.63, 3.8) is 0 Å². The smallest absolute Gasteiger partial charge is 0.418 e. The largest absolute Gasteiger partial charge is 0.489 e. The molecule has 0 radical (unpaired) electrons. The molecule has 1 saturated heterocycles. The number of hydrogen-bond donors (Lipinski definition) is 5. The number of guanidine groups is 1. The van der Waals surface area contributed by atoms with Crippen LogP contribution in [0.3, 0.4) is 0 Å². The highest BCUT2D eigenvalue weighted by atomic mass is 32.3. The molecule has 1 aromatic heterocycles.